The predicted octanol–water partition coefficient (Wildman–Crippen LogP) is 2.94. The van der Waals surface area contributed by atoms with E-state index in [1.54, 1.807) is 7.05 Å². The second-order valence-electron chi connectivity index (χ2n) is 5.80. The molecule has 0 saturated heterocycles. The number of benzene rings is 1. The van der Waals surface area contributed by atoms with Gasteiger partial charge < -0.3 is 10.2 Å². The van der Waals surface area contributed by atoms with Gasteiger partial charge in [0.05, 0.1) is 12.2 Å². The highest BCUT2D eigenvalue weighted by Gasteiger charge is 2.15. The summed E-state index contributed by atoms with van der Waals surface area (Å²) in [5, 5.41) is 2.77. The van der Waals surface area contributed by atoms with E-state index < -0.39 is 0 Å². The molecule has 0 saturated carbocycles. The molecule has 2 rings (SSSR count). The van der Waals surface area contributed by atoms with Crippen LogP contribution in [0, 0.1) is 6.92 Å². The fourth-order valence-corrected chi connectivity index (χ4v) is 2.27. The zero-order valence-electron chi connectivity index (χ0n) is 14.4. The van der Waals surface area contributed by atoms with Crippen molar-refractivity contribution in [1.29, 1.82) is 0 Å². The lowest BCUT2D eigenvalue weighted by atomic mass is 10.2. The summed E-state index contributed by atoms with van der Waals surface area (Å²) in [5.41, 5.74) is 3.66. The average Bonchev–Trinajstić information content (AvgIpc) is 2.57. The topological polar surface area (TPSA) is 62.3 Å². The summed E-state index contributed by atoms with van der Waals surface area (Å²) in [5.74, 6) is -0.544. The number of carbonyl (C=O) groups excluding carboxylic acids is 2. The van der Waals surface area contributed by atoms with Crippen LogP contribution in [0.5, 0.6) is 0 Å². The molecule has 5 heteroatoms. The summed E-state index contributed by atoms with van der Waals surface area (Å²) < 4.78 is 0. The van der Waals surface area contributed by atoms with Crippen molar-refractivity contribution in [2.24, 2.45) is 0 Å². The fourth-order valence-electron chi connectivity index (χ4n) is 2.27. The third-order valence-electron chi connectivity index (χ3n) is 3.85. The van der Waals surface area contributed by atoms with E-state index >= 15 is 0 Å². The van der Waals surface area contributed by atoms with E-state index in [1.165, 1.54) is 4.90 Å². The summed E-state index contributed by atoms with van der Waals surface area (Å²) >= 11 is 0. The zero-order chi connectivity index (χ0) is 17.5. The van der Waals surface area contributed by atoms with Crippen LogP contribution in [0.15, 0.2) is 42.6 Å². The number of carbonyl (C=O) groups is 2. The molecule has 24 heavy (non-hydrogen) atoms. The smallest absolute Gasteiger partial charge is 0.233 e. The van der Waals surface area contributed by atoms with Gasteiger partial charge in [-0.1, -0.05) is 31.2 Å². The molecule has 0 unspecified atom stereocenters. The zero-order valence-corrected chi connectivity index (χ0v) is 14.4. The number of rotatable bonds is 6. The van der Waals surface area contributed by atoms with Gasteiger partial charge in [0.1, 0.15) is 6.42 Å². The summed E-state index contributed by atoms with van der Waals surface area (Å²) in [7, 11) is 1.68. The summed E-state index contributed by atoms with van der Waals surface area (Å²) in [6.45, 7) is 4.37. The molecule has 0 atom stereocenters. The monoisotopic (exact) mass is 325 g/mol. The first kappa shape index (κ1) is 17.7. The van der Waals surface area contributed by atoms with Gasteiger partial charge in [-0.15, -0.1) is 0 Å². The van der Waals surface area contributed by atoms with Crippen LogP contribution in [0.4, 0.5) is 5.69 Å². The van der Waals surface area contributed by atoms with Crippen LogP contribution in [0.1, 0.15) is 30.2 Å². The number of amides is 2. The fraction of sp³-hybridized carbons (Fsp3) is 0.316. The highest BCUT2D eigenvalue weighted by Crippen LogP contribution is 2.13. The molecule has 1 heterocycles. The van der Waals surface area contributed by atoms with Gasteiger partial charge in [0.25, 0.3) is 0 Å². The molecule has 0 bridgehead atoms. The normalized spacial score (nSPS) is 10.3. The van der Waals surface area contributed by atoms with Crippen LogP contribution >= 0.6 is 0 Å². The number of aryl methyl sites for hydroxylation is 2. The van der Waals surface area contributed by atoms with E-state index in [0.717, 1.165) is 28.9 Å². The standard InChI is InChI=1S/C19H23N3O2/c1-4-15-9-10-16(20-12-15)13-22(3)19(24)11-18(23)21-17-8-6-5-7-14(17)2/h5-10,12H,4,11,13H2,1-3H3,(H,21,23). The van der Waals surface area contributed by atoms with Crippen LogP contribution in [0.2, 0.25) is 0 Å². The Balaban J connectivity index is 1.88. The molecule has 2 amide bonds. The van der Waals surface area contributed by atoms with Gasteiger partial charge in [0, 0.05) is 18.9 Å². The Morgan fingerprint density at radius 3 is 2.54 bits per heavy atom. The molecule has 0 aliphatic rings. The highest BCUT2D eigenvalue weighted by molar-refractivity contribution is 6.03. The van der Waals surface area contributed by atoms with Gasteiger partial charge in [-0.3, -0.25) is 14.6 Å². The molecule has 0 aliphatic heterocycles. The van der Waals surface area contributed by atoms with Crippen molar-refractivity contribution in [3.8, 4) is 0 Å². The molecule has 1 aromatic heterocycles. The molecular formula is C19H23N3O2. The molecule has 1 aromatic carbocycles. The Morgan fingerprint density at radius 1 is 1.17 bits per heavy atom. The molecule has 0 spiro atoms. The van der Waals surface area contributed by atoms with Crippen molar-refractivity contribution in [3.63, 3.8) is 0 Å². The largest absolute Gasteiger partial charge is 0.339 e. The van der Waals surface area contributed by atoms with Gasteiger partial charge >= 0.3 is 0 Å². The minimum atomic E-state index is -0.310. The third-order valence-corrected chi connectivity index (χ3v) is 3.85. The van der Waals surface area contributed by atoms with Crippen LogP contribution in [0.25, 0.3) is 0 Å². The Hall–Kier alpha value is -2.69. The number of nitrogens with one attached hydrogen (secondary N) is 1. The van der Waals surface area contributed by atoms with Crippen LogP contribution in [0.3, 0.4) is 0 Å². The second kappa shape index (κ2) is 8.24. The van der Waals surface area contributed by atoms with Crippen molar-refractivity contribution in [1.82, 2.24) is 9.88 Å². The minimum absolute atomic E-state index is 0.183. The van der Waals surface area contributed by atoms with E-state index in [1.807, 2.05) is 49.5 Å². The second-order valence-corrected chi connectivity index (χ2v) is 5.80. The molecule has 126 valence electrons. The first-order valence-electron chi connectivity index (χ1n) is 8.03. The minimum Gasteiger partial charge on any atom is -0.339 e. The molecule has 0 fully saturated rings. The number of hydrogen-bond donors (Lipinski definition) is 1. The first-order valence-corrected chi connectivity index (χ1v) is 8.03. The lowest BCUT2D eigenvalue weighted by Crippen LogP contribution is -2.30. The average molecular weight is 325 g/mol. The van der Waals surface area contributed by atoms with Crippen LogP contribution in [-0.2, 0) is 22.6 Å². The maximum atomic E-state index is 12.2. The maximum absolute atomic E-state index is 12.2. The quantitative estimate of drug-likeness (QED) is 0.831. The first-order chi connectivity index (χ1) is 11.5. The molecule has 1 N–H and O–H groups in total. The highest BCUT2D eigenvalue weighted by atomic mass is 16.2. The lowest BCUT2D eigenvalue weighted by Gasteiger charge is -2.17. The third kappa shape index (κ3) is 4.91. The molecule has 2 aromatic rings. The SMILES string of the molecule is CCc1ccc(CN(C)C(=O)CC(=O)Nc2ccccc2C)nc1. The molecule has 0 aliphatic carbocycles. The summed E-state index contributed by atoms with van der Waals surface area (Å²) in [4.78, 5) is 30.1. The van der Waals surface area contributed by atoms with E-state index in [9.17, 15) is 9.59 Å². The van der Waals surface area contributed by atoms with Crippen molar-refractivity contribution < 1.29 is 9.59 Å². The van der Waals surface area contributed by atoms with Crippen molar-refractivity contribution in [2.45, 2.75) is 33.2 Å². The van der Waals surface area contributed by atoms with Crippen LogP contribution in [-0.4, -0.2) is 28.7 Å². The van der Waals surface area contributed by atoms with E-state index in [0.29, 0.717) is 6.54 Å². The van der Waals surface area contributed by atoms with Crippen molar-refractivity contribution in [3.05, 3.63) is 59.4 Å². The number of anilines is 1. The Kier molecular flexibility index (Phi) is 6.07. The van der Waals surface area contributed by atoms with E-state index in [4.69, 9.17) is 0 Å². The Bertz CT molecular complexity index is 711. The van der Waals surface area contributed by atoms with Gasteiger partial charge in [0.15, 0.2) is 0 Å². The number of pyridine rings is 1. The lowest BCUT2D eigenvalue weighted by molar-refractivity contribution is -0.134. The number of para-hydroxylation sites is 1. The summed E-state index contributed by atoms with van der Waals surface area (Å²) in [6, 6.07) is 11.4. The van der Waals surface area contributed by atoms with Gasteiger partial charge in [-0.25, -0.2) is 0 Å². The predicted molar refractivity (Wildman–Crippen MR) is 94.5 cm³/mol. The van der Waals surface area contributed by atoms with Crippen LogP contribution < -0.4 is 5.32 Å². The maximum Gasteiger partial charge on any atom is 0.233 e. The van der Waals surface area contributed by atoms with Gasteiger partial charge in [-0.2, -0.15) is 0 Å². The van der Waals surface area contributed by atoms with Gasteiger partial charge in [0.2, 0.25) is 11.8 Å². The van der Waals surface area contributed by atoms with Crippen molar-refractivity contribution >= 4 is 17.5 Å². The number of hydrogen-bond acceptors (Lipinski definition) is 3. The summed E-state index contributed by atoms with van der Waals surface area (Å²) in [6.07, 6.45) is 2.57. The molecular weight excluding hydrogens is 302 g/mol. The Morgan fingerprint density at radius 2 is 1.92 bits per heavy atom. The molecule has 5 nitrogen and oxygen atoms in total. The molecule has 0 radical (unpaired) electrons. The van der Waals surface area contributed by atoms with E-state index in [-0.39, 0.29) is 18.2 Å². The number of nitrogens with zero attached hydrogens (tertiary/aromatic N) is 2. The number of aromatic nitrogens is 1. The van der Waals surface area contributed by atoms with Gasteiger partial charge in [-0.05, 0) is 36.6 Å². The van der Waals surface area contributed by atoms with Crippen molar-refractivity contribution in [2.75, 3.05) is 12.4 Å². The Labute approximate surface area is 142 Å². The van der Waals surface area contributed by atoms with E-state index in [2.05, 4.69) is 17.2 Å².